The van der Waals surface area contributed by atoms with Crippen LogP contribution in [0.4, 0.5) is 5.69 Å². The standard InChI is InChI=1S/C21H25NS.Cr/c1-13-10-16(4)20(17(5)11-13)19(23)12-18(6)22-21-14(2)8-7-9-15(21)3;/h7-12,23H,1-6H3;/p-1/b19-12-,22-18?;. The zero-order chi connectivity index (χ0) is 17.1. The molecule has 24 heavy (non-hydrogen) atoms. The quantitative estimate of drug-likeness (QED) is 0.481. The summed E-state index contributed by atoms with van der Waals surface area (Å²) in [4.78, 5) is 5.63. The molecule has 0 aliphatic carbocycles. The van der Waals surface area contributed by atoms with Crippen LogP contribution in [0.1, 0.15) is 40.3 Å². The van der Waals surface area contributed by atoms with Crippen LogP contribution >= 0.6 is 0 Å². The van der Waals surface area contributed by atoms with E-state index in [0.29, 0.717) is 0 Å². The number of allylic oxidation sites excluding steroid dienone is 1. The maximum absolute atomic E-state index is 5.66. The number of nitrogens with zero attached hydrogens (tertiary/aromatic N) is 1. The number of aliphatic imine (C=N–C) groups is 1. The predicted octanol–water partition coefficient (Wildman–Crippen LogP) is 5.91. The summed E-state index contributed by atoms with van der Waals surface area (Å²) in [6.45, 7) is 12.5. The molecule has 0 heterocycles. The number of benzene rings is 2. The maximum atomic E-state index is 5.66. The van der Waals surface area contributed by atoms with Crippen molar-refractivity contribution in [1.29, 1.82) is 0 Å². The summed E-state index contributed by atoms with van der Waals surface area (Å²) in [6.07, 6.45) is 2.01. The Balaban J connectivity index is 0.00000288. The molecular formula is C21H24CrNS-. The SMILES string of the molecule is CC(/C=C(\[S-])c1c(C)cc(C)cc1C)=Nc1c(C)cccc1C.[Cr]. The fraction of sp³-hybridized carbons (Fsp3) is 0.286. The summed E-state index contributed by atoms with van der Waals surface area (Å²) in [5.41, 5.74) is 9.23. The molecule has 0 aromatic heterocycles. The summed E-state index contributed by atoms with van der Waals surface area (Å²) >= 11 is 5.66. The smallest absolute Gasteiger partial charge is 0.0691 e. The van der Waals surface area contributed by atoms with Gasteiger partial charge in [0.25, 0.3) is 0 Å². The van der Waals surface area contributed by atoms with E-state index in [2.05, 4.69) is 65.0 Å². The van der Waals surface area contributed by atoms with Crippen molar-refractivity contribution in [3.8, 4) is 0 Å². The molecule has 0 aliphatic rings. The Morgan fingerprint density at radius 1 is 0.917 bits per heavy atom. The molecule has 126 valence electrons. The third-order valence-corrected chi connectivity index (χ3v) is 4.31. The third-order valence-electron chi connectivity index (χ3n) is 3.99. The van der Waals surface area contributed by atoms with Crippen LogP contribution in [0.2, 0.25) is 0 Å². The van der Waals surface area contributed by atoms with E-state index in [1.807, 2.05) is 13.0 Å². The zero-order valence-electron chi connectivity index (χ0n) is 15.2. The molecule has 3 heteroatoms. The van der Waals surface area contributed by atoms with E-state index in [-0.39, 0.29) is 17.4 Å². The zero-order valence-corrected chi connectivity index (χ0v) is 17.3. The monoisotopic (exact) mass is 374 g/mol. The summed E-state index contributed by atoms with van der Waals surface area (Å²) in [7, 11) is 0. The van der Waals surface area contributed by atoms with Gasteiger partial charge in [0.2, 0.25) is 0 Å². The van der Waals surface area contributed by atoms with Crippen LogP contribution in [0.5, 0.6) is 0 Å². The molecule has 0 amide bonds. The van der Waals surface area contributed by atoms with E-state index in [4.69, 9.17) is 17.6 Å². The van der Waals surface area contributed by atoms with Crippen LogP contribution in [0, 0.1) is 34.6 Å². The van der Waals surface area contributed by atoms with Crippen molar-refractivity contribution in [2.75, 3.05) is 0 Å². The molecule has 0 unspecified atom stereocenters. The van der Waals surface area contributed by atoms with E-state index in [9.17, 15) is 0 Å². The Morgan fingerprint density at radius 2 is 1.42 bits per heavy atom. The molecule has 0 bridgehead atoms. The molecule has 0 saturated carbocycles. The van der Waals surface area contributed by atoms with Gasteiger partial charge in [-0.05, 0) is 69.4 Å². The average molecular weight is 374 g/mol. The van der Waals surface area contributed by atoms with Gasteiger partial charge in [-0.15, -0.1) is 0 Å². The van der Waals surface area contributed by atoms with Gasteiger partial charge in [0.1, 0.15) is 0 Å². The summed E-state index contributed by atoms with van der Waals surface area (Å²) in [5, 5.41) is 0. The Labute approximate surface area is 162 Å². The van der Waals surface area contributed by atoms with Gasteiger partial charge in [0.15, 0.2) is 0 Å². The van der Waals surface area contributed by atoms with Crippen molar-refractivity contribution in [3.63, 3.8) is 0 Å². The second-order valence-corrected chi connectivity index (χ2v) is 6.72. The predicted molar refractivity (Wildman–Crippen MR) is 105 cm³/mol. The Morgan fingerprint density at radius 3 is 1.92 bits per heavy atom. The van der Waals surface area contributed by atoms with Gasteiger partial charge in [-0.2, -0.15) is 4.91 Å². The molecule has 2 rings (SSSR count). The number of hydrogen-bond donors (Lipinski definition) is 0. The molecule has 0 aliphatic heterocycles. The van der Waals surface area contributed by atoms with E-state index < -0.39 is 0 Å². The summed E-state index contributed by atoms with van der Waals surface area (Å²) < 4.78 is 0. The van der Waals surface area contributed by atoms with Crippen molar-refractivity contribution in [2.24, 2.45) is 4.99 Å². The Bertz CT molecular complexity index is 760. The first-order valence-corrected chi connectivity index (χ1v) is 8.29. The summed E-state index contributed by atoms with van der Waals surface area (Å²) in [5.74, 6) is 0. The summed E-state index contributed by atoms with van der Waals surface area (Å²) in [6, 6.07) is 10.6. The molecule has 0 saturated heterocycles. The molecule has 1 nitrogen and oxygen atoms in total. The molecule has 2 aromatic carbocycles. The van der Waals surface area contributed by atoms with Gasteiger partial charge >= 0.3 is 0 Å². The largest absolute Gasteiger partial charge is 0.779 e. The fourth-order valence-electron chi connectivity index (χ4n) is 3.02. The Kier molecular flexibility index (Phi) is 7.42. The van der Waals surface area contributed by atoms with Gasteiger partial charge < -0.3 is 12.6 Å². The normalized spacial score (nSPS) is 12.1. The minimum Gasteiger partial charge on any atom is -0.779 e. The van der Waals surface area contributed by atoms with Crippen LogP contribution in [0.15, 0.2) is 41.4 Å². The van der Waals surface area contributed by atoms with Gasteiger partial charge in [0.05, 0.1) is 5.69 Å². The second-order valence-electron chi connectivity index (χ2n) is 6.28. The number of para-hydroxylation sites is 1. The minimum atomic E-state index is 0. The van der Waals surface area contributed by atoms with E-state index in [1.165, 1.54) is 27.8 Å². The van der Waals surface area contributed by atoms with Gasteiger partial charge in [-0.3, -0.25) is 4.99 Å². The topological polar surface area (TPSA) is 12.4 Å². The van der Waals surface area contributed by atoms with Crippen molar-refractivity contribution >= 4 is 28.9 Å². The van der Waals surface area contributed by atoms with Crippen molar-refractivity contribution in [1.82, 2.24) is 0 Å². The first-order valence-electron chi connectivity index (χ1n) is 7.88. The third kappa shape index (κ3) is 4.80. The van der Waals surface area contributed by atoms with E-state index in [0.717, 1.165) is 21.9 Å². The van der Waals surface area contributed by atoms with Crippen molar-refractivity contribution in [3.05, 3.63) is 69.8 Å². The van der Waals surface area contributed by atoms with Crippen molar-refractivity contribution in [2.45, 2.75) is 41.5 Å². The number of hydrogen-bond acceptors (Lipinski definition) is 2. The minimum absolute atomic E-state index is 0. The van der Waals surface area contributed by atoms with Crippen LogP contribution in [-0.2, 0) is 30.0 Å². The molecule has 0 spiro atoms. The van der Waals surface area contributed by atoms with E-state index >= 15 is 0 Å². The van der Waals surface area contributed by atoms with Crippen LogP contribution < -0.4 is 0 Å². The number of rotatable bonds is 3. The molecule has 0 radical (unpaired) electrons. The van der Waals surface area contributed by atoms with Crippen LogP contribution in [0.25, 0.3) is 4.91 Å². The van der Waals surface area contributed by atoms with Gasteiger partial charge in [0, 0.05) is 23.1 Å². The van der Waals surface area contributed by atoms with Gasteiger partial charge in [-0.1, -0.05) is 42.0 Å². The molecule has 0 fully saturated rings. The number of aryl methyl sites for hydroxylation is 5. The van der Waals surface area contributed by atoms with Crippen LogP contribution in [-0.4, -0.2) is 5.71 Å². The fourth-order valence-corrected chi connectivity index (χ4v) is 3.51. The first-order chi connectivity index (χ1) is 10.8. The van der Waals surface area contributed by atoms with Crippen molar-refractivity contribution < 1.29 is 17.4 Å². The molecule has 2 aromatic rings. The maximum Gasteiger partial charge on any atom is 0.0691 e. The average Bonchev–Trinajstić information content (AvgIpc) is 2.41. The molecular weight excluding hydrogens is 350 g/mol. The Hall–Kier alpha value is -1.40. The van der Waals surface area contributed by atoms with Gasteiger partial charge in [-0.25, -0.2) is 0 Å². The second kappa shape index (κ2) is 8.63. The molecule has 0 N–H and O–H groups in total. The van der Waals surface area contributed by atoms with Crippen LogP contribution in [0.3, 0.4) is 0 Å². The van der Waals surface area contributed by atoms with E-state index in [1.54, 1.807) is 0 Å². The first kappa shape index (κ1) is 20.6. The molecule has 0 atom stereocenters.